The highest BCUT2D eigenvalue weighted by Gasteiger charge is 2.29. The van der Waals surface area contributed by atoms with Crippen molar-refractivity contribution in [2.75, 3.05) is 13.1 Å². The third-order valence-corrected chi connectivity index (χ3v) is 5.15. The van der Waals surface area contributed by atoms with Gasteiger partial charge in [0.2, 0.25) is 5.91 Å². The quantitative estimate of drug-likeness (QED) is 0.853. The Morgan fingerprint density at radius 2 is 1.75 bits per heavy atom. The first-order chi connectivity index (χ1) is 13.2. The molecular weight excluding hydrogens is 355 g/mol. The molecule has 4 nitrogen and oxygen atoms in total. The Bertz CT molecular complexity index is 838. The number of hydrogen-bond acceptors (Lipinski definition) is 2. The van der Waals surface area contributed by atoms with Crippen LogP contribution in [0, 0.1) is 11.7 Å². The molecule has 1 heterocycles. The van der Waals surface area contributed by atoms with Crippen LogP contribution in [0.3, 0.4) is 0 Å². The Morgan fingerprint density at radius 1 is 1.11 bits per heavy atom. The van der Waals surface area contributed by atoms with Crippen LogP contribution in [0.1, 0.15) is 48.7 Å². The van der Waals surface area contributed by atoms with Gasteiger partial charge in [-0.1, -0.05) is 45.0 Å². The van der Waals surface area contributed by atoms with Crippen molar-refractivity contribution in [1.29, 1.82) is 0 Å². The van der Waals surface area contributed by atoms with E-state index < -0.39 is 0 Å². The van der Waals surface area contributed by atoms with Gasteiger partial charge >= 0.3 is 0 Å². The molecule has 148 valence electrons. The van der Waals surface area contributed by atoms with E-state index in [0.29, 0.717) is 31.6 Å². The fourth-order valence-corrected chi connectivity index (χ4v) is 3.41. The lowest BCUT2D eigenvalue weighted by Crippen LogP contribution is -2.31. The lowest BCUT2D eigenvalue weighted by molar-refractivity contribution is -0.128. The van der Waals surface area contributed by atoms with Crippen LogP contribution in [-0.4, -0.2) is 29.8 Å². The van der Waals surface area contributed by atoms with Gasteiger partial charge in [-0.2, -0.15) is 0 Å². The third-order valence-electron chi connectivity index (χ3n) is 5.15. The molecule has 3 rings (SSSR count). The van der Waals surface area contributed by atoms with E-state index in [1.165, 1.54) is 17.7 Å². The second-order valence-electron chi connectivity index (χ2n) is 8.51. The monoisotopic (exact) mass is 382 g/mol. The summed E-state index contributed by atoms with van der Waals surface area (Å²) in [6, 6.07) is 13.8. The molecule has 28 heavy (non-hydrogen) atoms. The zero-order valence-electron chi connectivity index (χ0n) is 16.7. The first-order valence-corrected chi connectivity index (χ1v) is 9.63. The zero-order valence-corrected chi connectivity index (χ0v) is 16.7. The van der Waals surface area contributed by atoms with Crippen LogP contribution >= 0.6 is 0 Å². The number of halogens is 1. The van der Waals surface area contributed by atoms with Gasteiger partial charge in [0.05, 0.1) is 0 Å². The molecule has 0 aliphatic carbocycles. The minimum Gasteiger partial charge on any atom is -0.352 e. The first-order valence-electron chi connectivity index (χ1n) is 9.63. The minimum atomic E-state index is -0.285. The van der Waals surface area contributed by atoms with Crippen molar-refractivity contribution in [2.24, 2.45) is 5.92 Å². The molecule has 2 amide bonds. The van der Waals surface area contributed by atoms with Gasteiger partial charge in [-0.25, -0.2) is 4.39 Å². The molecule has 1 aliphatic heterocycles. The largest absolute Gasteiger partial charge is 0.352 e. The highest BCUT2D eigenvalue weighted by Crippen LogP contribution is 2.23. The molecule has 2 aromatic carbocycles. The summed E-state index contributed by atoms with van der Waals surface area (Å²) >= 11 is 0. The molecule has 0 saturated carbocycles. The average molecular weight is 382 g/mol. The Labute approximate surface area is 165 Å². The van der Waals surface area contributed by atoms with Gasteiger partial charge in [-0.3, -0.25) is 9.59 Å². The number of rotatable bonds is 5. The Kier molecular flexibility index (Phi) is 5.82. The van der Waals surface area contributed by atoms with Crippen LogP contribution in [0.2, 0.25) is 0 Å². The fourth-order valence-electron chi connectivity index (χ4n) is 3.41. The minimum absolute atomic E-state index is 0.0488. The van der Waals surface area contributed by atoms with Gasteiger partial charge in [0, 0.05) is 37.5 Å². The van der Waals surface area contributed by atoms with E-state index in [0.717, 1.165) is 5.56 Å². The average Bonchev–Trinajstić information content (AvgIpc) is 3.00. The maximum atomic E-state index is 13.0. The summed E-state index contributed by atoms with van der Waals surface area (Å²) in [5, 5.41) is 2.94. The van der Waals surface area contributed by atoms with Crippen LogP contribution in [0.5, 0.6) is 0 Å². The summed E-state index contributed by atoms with van der Waals surface area (Å²) < 4.78 is 13.0. The van der Waals surface area contributed by atoms with E-state index in [1.807, 2.05) is 24.3 Å². The van der Waals surface area contributed by atoms with Crippen LogP contribution in [0.4, 0.5) is 4.39 Å². The molecule has 0 bridgehead atoms. The van der Waals surface area contributed by atoms with Gasteiger partial charge in [0.15, 0.2) is 0 Å². The zero-order chi connectivity index (χ0) is 20.3. The number of amides is 2. The maximum absolute atomic E-state index is 13.0. The van der Waals surface area contributed by atoms with Crippen LogP contribution in [0.15, 0.2) is 48.5 Å². The van der Waals surface area contributed by atoms with Crippen LogP contribution < -0.4 is 5.32 Å². The molecule has 1 N–H and O–H groups in total. The number of nitrogens with one attached hydrogen (secondary N) is 1. The molecule has 1 atom stereocenters. The summed E-state index contributed by atoms with van der Waals surface area (Å²) in [5.74, 6) is -0.249. The molecular formula is C23H27FN2O2. The van der Waals surface area contributed by atoms with Gasteiger partial charge in [0.25, 0.3) is 5.91 Å². The molecule has 1 unspecified atom stereocenters. The normalized spacial score (nSPS) is 17.1. The standard InChI is InChI=1S/C23H27FN2O2/c1-23(2,3)19-8-6-18(7-9-19)22(28)25-13-17-12-21(27)26(15-17)14-16-4-10-20(24)11-5-16/h4-11,17H,12-15H2,1-3H3,(H,25,28). The molecule has 0 radical (unpaired) electrons. The number of nitrogens with zero attached hydrogens (tertiary/aromatic N) is 1. The van der Waals surface area contributed by atoms with E-state index in [9.17, 15) is 14.0 Å². The molecule has 1 aliphatic rings. The SMILES string of the molecule is CC(C)(C)c1ccc(C(=O)NCC2CC(=O)N(Cc3ccc(F)cc3)C2)cc1. The van der Waals surface area contributed by atoms with Crippen molar-refractivity contribution in [3.05, 3.63) is 71.0 Å². The summed E-state index contributed by atoms with van der Waals surface area (Å²) in [6.07, 6.45) is 0.421. The second kappa shape index (κ2) is 8.13. The van der Waals surface area contributed by atoms with Crippen LogP contribution in [-0.2, 0) is 16.8 Å². The van der Waals surface area contributed by atoms with Crippen molar-refractivity contribution >= 4 is 11.8 Å². The van der Waals surface area contributed by atoms with E-state index in [2.05, 4.69) is 26.1 Å². The predicted octanol–water partition coefficient (Wildman–Crippen LogP) is 3.90. The van der Waals surface area contributed by atoms with Crippen molar-refractivity contribution < 1.29 is 14.0 Å². The van der Waals surface area contributed by atoms with E-state index in [1.54, 1.807) is 17.0 Å². The molecule has 0 spiro atoms. The van der Waals surface area contributed by atoms with E-state index in [4.69, 9.17) is 0 Å². The number of carbonyl (C=O) groups excluding carboxylic acids is 2. The molecule has 2 aromatic rings. The predicted molar refractivity (Wildman–Crippen MR) is 107 cm³/mol. The second-order valence-corrected chi connectivity index (χ2v) is 8.51. The maximum Gasteiger partial charge on any atom is 0.251 e. The Hall–Kier alpha value is -2.69. The number of hydrogen-bond donors (Lipinski definition) is 1. The number of likely N-dealkylation sites (tertiary alicyclic amines) is 1. The molecule has 5 heteroatoms. The summed E-state index contributed by atoms with van der Waals surface area (Å²) in [5.41, 5.74) is 2.76. The van der Waals surface area contributed by atoms with Gasteiger partial charge in [0.1, 0.15) is 5.82 Å². The van der Waals surface area contributed by atoms with Gasteiger partial charge < -0.3 is 10.2 Å². The topological polar surface area (TPSA) is 49.4 Å². The number of benzene rings is 2. The molecule has 1 fully saturated rings. The Balaban J connectivity index is 1.51. The van der Waals surface area contributed by atoms with Gasteiger partial charge in [-0.15, -0.1) is 0 Å². The smallest absolute Gasteiger partial charge is 0.251 e. The fraction of sp³-hybridized carbons (Fsp3) is 0.391. The molecule has 0 aromatic heterocycles. The van der Waals surface area contributed by atoms with Crippen molar-refractivity contribution in [1.82, 2.24) is 10.2 Å². The lowest BCUT2D eigenvalue weighted by atomic mass is 9.87. The number of carbonyl (C=O) groups is 2. The van der Waals surface area contributed by atoms with E-state index in [-0.39, 0.29) is 29.0 Å². The van der Waals surface area contributed by atoms with Gasteiger partial charge in [-0.05, 0) is 40.8 Å². The lowest BCUT2D eigenvalue weighted by Gasteiger charge is -2.19. The highest BCUT2D eigenvalue weighted by molar-refractivity contribution is 5.94. The highest BCUT2D eigenvalue weighted by atomic mass is 19.1. The summed E-state index contributed by atoms with van der Waals surface area (Å²) in [6.45, 7) is 7.94. The van der Waals surface area contributed by atoms with Crippen molar-refractivity contribution in [3.63, 3.8) is 0 Å². The van der Waals surface area contributed by atoms with Crippen molar-refractivity contribution in [3.8, 4) is 0 Å². The van der Waals surface area contributed by atoms with Crippen molar-refractivity contribution in [2.45, 2.75) is 39.2 Å². The molecule has 1 saturated heterocycles. The summed E-state index contributed by atoms with van der Waals surface area (Å²) in [7, 11) is 0. The summed E-state index contributed by atoms with van der Waals surface area (Å²) in [4.78, 5) is 26.4. The van der Waals surface area contributed by atoms with Crippen LogP contribution in [0.25, 0.3) is 0 Å². The Morgan fingerprint density at radius 3 is 2.36 bits per heavy atom. The third kappa shape index (κ3) is 4.97. The first kappa shape index (κ1) is 20.1. The van der Waals surface area contributed by atoms with E-state index >= 15 is 0 Å².